The Bertz CT molecular complexity index is 460. The number of halogens is 1. The molecule has 0 atom stereocenters. The largest absolute Gasteiger partial charge is 0.359 e. The Morgan fingerprint density at radius 1 is 1.53 bits per heavy atom. The summed E-state index contributed by atoms with van der Waals surface area (Å²) in [5, 5.41) is 3.17. The van der Waals surface area contributed by atoms with E-state index in [1.165, 1.54) is 6.20 Å². The first-order valence-electron chi connectivity index (χ1n) is 6.11. The van der Waals surface area contributed by atoms with Crippen molar-refractivity contribution in [3.8, 4) is 0 Å². The molecule has 4 N–H and O–H groups in total. The Morgan fingerprint density at radius 3 is 2.79 bits per heavy atom. The van der Waals surface area contributed by atoms with Crippen LogP contribution in [0, 0.1) is 5.92 Å². The number of piperidine rings is 1. The van der Waals surface area contributed by atoms with Crippen LogP contribution in [0.4, 0.5) is 11.8 Å². The smallest absolute Gasteiger partial charge is 0.239 e. The van der Waals surface area contributed by atoms with Crippen molar-refractivity contribution in [3.63, 3.8) is 0 Å². The average molecular weight is 285 g/mol. The molecule has 1 saturated heterocycles. The van der Waals surface area contributed by atoms with Crippen molar-refractivity contribution in [2.45, 2.75) is 12.8 Å². The van der Waals surface area contributed by atoms with Crippen molar-refractivity contribution in [2.24, 2.45) is 11.8 Å². The van der Waals surface area contributed by atoms with E-state index in [1.54, 1.807) is 7.05 Å². The summed E-state index contributed by atoms with van der Waals surface area (Å²) in [5.41, 5.74) is 2.40. The third kappa shape index (κ3) is 3.05. The molecule has 1 fully saturated rings. The lowest BCUT2D eigenvalue weighted by molar-refractivity contribution is -0.125. The van der Waals surface area contributed by atoms with Crippen molar-refractivity contribution in [1.82, 2.24) is 15.3 Å². The molecule has 104 valence electrons. The van der Waals surface area contributed by atoms with Gasteiger partial charge in [0, 0.05) is 26.1 Å². The molecular weight excluding hydrogens is 268 g/mol. The molecule has 0 aliphatic carbocycles. The lowest BCUT2D eigenvalue weighted by Crippen LogP contribution is -2.40. The predicted molar refractivity (Wildman–Crippen MR) is 73.9 cm³/mol. The van der Waals surface area contributed by atoms with Gasteiger partial charge in [-0.25, -0.2) is 10.8 Å². The second kappa shape index (κ2) is 6.03. The van der Waals surface area contributed by atoms with Crippen molar-refractivity contribution in [3.05, 3.63) is 11.2 Å². The second-order valence-corrected chi connectivity index (χ2v) is 4.79. The van der Waals surface area contributed by atoms with Crippen LogP contribution >= 0.6 is 11.6 Å². The number of anilines is 2. The van der Waals surface area contributed by atoms with E-state index in [9.17, 15) is 4.79 Å². The Kier molecular flexibility index (Phi) is 4.39. The lowest BCUT2D eigenvalue weighted by Gasteiger charge is -2.32. The number of aromatic nitrogens is 2. The minimum atomic E-state index is 0.0639. The lowest BCUT2D eigenvalue weighted by atomic mass is 9.96. The molecule has 1 amide bonds. The van der Waals surface area contributed by atoms with Gasteiger partial charge in [0.05, 0.1) is 6.20 Å². The number of hydrogen-bond acceptors (Lipinski definition) is 6. The van der Waals surface area contributed by atoms with Gasteiger partial charge in [-0.15, -0.1) is 0 Å². The summed E-state index contributed by atoms with van der Waals surface area (Å²) in [6.45, 7) is 1.47. The zero-order valence-electron chi connectivity index (χ0n) is 10.7. The van der Waals surface area contributed by atoms with Crippen LogP contribution in [0.2, 0.25) is 5.02 Å². The Hall–Kier alpha value is -1.60. The van der Waals surface area contributed by atoms with Crippen LogP contribution in [0.25, 0.3) is 0 Å². The fraction of sp³-hybridized carbons (Fsp3) is 0.545. The predicted octanol–water partition coefficient (Wildman–Crippen LogP) is 0.378. The summed E-state index contributed by atoms with van der Waals surface area (Å²) in [4.78, 5) is 21.8. The fourth-order valence-corrected chi connectivity index (χ4v) is 2.42. The van der Waals surface area contributed by atoms with Gasteiger partial charge in [0.2, 0.25) is 11.9 Å². The second-order valence-electron chi connectivity index (χ2n) is 4.39. The van der Waals surface area contributed by atoms with Crippen LogP contribution in [0.1, 0.15) is 12.8 Å². The Balaban J connectivity index is 2.07. The first-order chi connectivity index (χ1) is 9.15. The molecule has 0 aromatic carbocycles. The van der Waals surface area contributed by atoms with Gasteiger partial charge in [0.15, 0.2) is 5.82 Å². The van der Waals surface area contributed by atoms with Gasteiger partial charge in [0.25, 0.3) is 0 Å². The minimum Gasteiger partial charge on any atom is -0.359 e. The maximum absolute atomic E-state index is 11.6. The molecule has 2 heterocycles. The van der Waals surface area contributed by atoms with Gasteiger partial charge in [-0.05, 0) is 12.8 Å². The number of nitrogens with one attached hydrogen (secondary N) is 2. The summed E-state index contributed by atoms with van der Waals surface area (Å²) < 4.78 is 0. The maximum Gasteiger partial charge on any atom is 0.239 e. The van der Waals surface area contributed by atoms with E-state index < -0.39 is 0 Å². The Morgan fingerprint density at radius 2 is 2.21 bits per heavy atom. The highest BCUT2D eigenvalue weighted by Crippen LogP contribution is 2.28. The molecule has 0 saturated carbocycles. The summed E-state index contributed by atoms with van der Waals surface area (Å²) in [6.07, 6.45) is 3.08. The topological polar surface area (TPSA) is 96.2 Å². The molecular formula is C11H17ClN6O. The molecule has 19 heavy (non-hydrogen) atoms. The van der Waals surface area contributed by atoms with E-state index >= 15 is 0 Å². The van der Waals surface area contributed by atoms with Crippen LogP contribution < -0.4 is 21.5 Å². The average Bonchev–Trinajstić information content (AvgIpc) is 2.47. The number of amides is 1. The maximum atomic E-state index is 11.6. The van der Waals surface area contributed by atoms with Crippen LogP contribution in [0.15, 0.2) is 6.20 Å². The molecule has 8 heteroatoms. The van der Waals surface area contributed by atoms with E-state index in [0.29, 0.717) is 16.8 Å². The summed E-state index contributed by atoms with van der Waals surface area (Å²) in [6, 6.07) is 0. The number of hydrazine groups is 1. The zero-order valence-corrected chi connectivity index (χ0v) is 11.4. The molecule has 1 aliphatic heterocycles. The number of carbonyl (C=O) groups is 1. The molecule has 2 rings (SSSR count). The monoisotopic (exact) mass is 284 g/mol. The summed E-state index contributed by atoms with van der Waals surface area (Å²) >= 11 is 6.10. The number of rotatable bonds is 3. The number of carbonyl (C=O) groups excluding carboxylic acids is 1. The van der Waals surface area contributed by atoms with Crippen LogP contribution in [0.5, 0.6) is 0 Å². The van der Waals surface area contributed by atoms with E-state index in [1.807, 2.05) is 4.90 Å². The highest BCUT2D eigenvalue weighted by atomic mass is 35.5. The number of hydrogen-bond donors (Lipinski definition) is 3. The van der Waals surface area contributed by atoms with Crippen LogP contribution in [-0.4, -0.2) is 36.0 Å². The van der Waals surface area contributed by atoms with Gasteiger partial charge in [-0.2, -0.15) is 4.98 Å². The van der Waals surface area contributed by atoms with E-state index in [-0.39, 0.29) is 11.8 Å². The minimum absolute atomic E-state index is 0.0639. The number of nitrogens with two attached hydrogens (primary N) is 1. The van der Waals surface area contributed by atoms with Crippen molar-refractivity contribution < 1.29 is 4.79 Å². The molecule has 0 unspecified atom stereocenters. The molecule has 1 aliphatic rings. The SMILES string of the molecule is CNC(=O)C1CCN(c2nc(NN)ncc2Cl)CC1. The summed E-state index contributed by atoms with van der Waals surface area (Å²) in [5.74, 6) is 6.43. The quantitative estimate of drug-likeness (QED) is 0.548. The number of nitrogen functional groups attached to an aromatic ring is 1. The van der Waals surface area contributed by atoms with E-state index in [4.69, 9.17) is 17.4 Å². The standard InChI is InChI=1S/C11H17ClN6O/c1-14-10(19)7-2-4-18(5-3-7)9-8(12)6-15-11(16-9)17-13/h6-7H,2-5,13H2,1H3,(H,14,19)(H,15,16,17). The fourth-order valence-electron chi connectivity index (χ4n) is 2.21. The van der Waals surface area contributed by atoms with Crippen molar-refractivity contribution >= 4 is 29.3 Å². The van der Waals surface area contributed by atoms with Crippen molar-refractivity contribution in [2.75, 3.05) is 30.5 Å². The molecule has 0 spiro atoms. The van der Waals surface area contributed by atoms with Crippen molar-refractivity contribution in [1.29, 1.82) is 0 Å². The Labute approximate surface area is 116 Å². The highest BCUT2D eigenvalue weighted by Gasteiger charge is 2.26. The third-order valence-corrected chi connectivity index (χ3v) is 3.53. The molecule has 1 aromatic rings. The van der Waals surface area contributed by atoms with Crippen LogP contribution in [0.3, 0.4) is 0 Å². The van der Waals surface area contributed by atoms with E-state index in [0.717, 1.165) is 25.9 Å². The zero-order chi connectivity index (χ0) is 13.8. The van der Waals surface area contributed by atoms with Gasteiger partial charge < -0.3 is 10.2 Å². The van der Waals surface area contributed by atoms with Crippen LogP contribution in [-0.2, 0) is 4.79 Å². The van der Waals surface area contributed by atoms with Gasteiger partial charge in [0.1, 0.15) is 5.02 Å². The first kappa shape index (κ1) is 13.8. The summed E-state index contributed by atoms with van der Waals surface area (Å²) in [7, 11) is 1.66. The van der Waals surface area contributed by atoms with E-state index in [2.05, 4.69) is 20.7 Å². The highest BCUT2D eigenvalue weighted by molar-refractivity contribution is 6.32. The molecule has 0 radical (unpaired) electrons. The molecule has 0 bridgehead atoms. The normalized spacial score (nSPS) is 16.3. The molecule has 7 nitrogen and oxygen atoms in total. The third-order valence-electron chi connectivity index (χ3n) is 3.27. The van der Waals surface area contributed by atoms with Gasteiger partial charge in [-0.1, -0.05) is 11.6 Å². The molecule has 1 aromatic heterocycles. The van der Waals surface area contributed by atoms with Gasteiger partial charge >= 0.3 is 0 Å². The van der Waals surface area contributed by atoms with Gasteiger partial charge in [-0.3, -0.25) is 10.2 Å². The number of nitrogens with zero attached hydrogens (tertiary/aromatic N) is 3. The first-order valence-corrected chi connectivity index (χ1v) is 6.49.